The summed E-state index contributed by atoms with van der Waals surface area (Å²) in [5.41, 5.74) is 3.64. The lowest BCUT2D eigenvalue weighted by Crippen LogP contribution is -2.21. The molecule has 1 aliphatic carbocycles. The molecular formula is C13H23N5S. The van der Waals surface area contributed by atoms with Gasteiger partial charge in [0, 0.05) is 22.8 Å². The average Bonchev–Trinajstić information content (AvgIpc) is 3.18. The van der Waals surface area contributed by atoms with Gasteiger partial charge in [-0.2, -0.15) is 11.8 Å². The van der Waals surface area contributed by atoms with Crippen molar-refractivity contribution in [3.05, 3.63) is 11.4 Å². The van der Waals surface area contributed by atoms with Gasteiger partial charge in [-0.15, -0.1) is 0 Å². The summed E-state index contributed by atoms with van der Waals surface area (Å²) in [5, 5.41) is 3.47. The number of rotatable bonds is 6. The van der Waals surface area contributed by atoms with Gasteiger partial charge < -0.3 is 10.7 Å². The van der Waals surface area contributed by atoms with E-state index in [9.17, 15) is 0 Å². The van der Waals surface area contributed by atoms with E-state index in [1.807, 2.05) is 18.7 Å². The molecule has 0 spiro atoms. The minimum Gasteiger partial charge on any atom is -0.368 e. The van der Waals surface area contributed by atoms with E-state index in [1.165, 1.54) is 12.8 Å². The number of hydrogen-bond donors (Lipinski definition) is 3. The molecule has 1 aromatic rings. The number of hydrogen-bond acceptors (Lipinski definition) is 6. The van der Waals surface area contributed by atoms with E-state index in [1.54, 1.807) is 0 Å². The van der Waals surface area contributed by atoms with E-state index in [0.29, 0.717) is 10.6 Å². The highest BCUT2D eigenvalue weighted by Crippen LogP contribution is 2.47. The topological polar surface area (TPSA) is 75.9 Å². The molecule has 0 aromatic carbocycles. The maximum atomic E-state index is 5.54. The third kappa shape index (κ3) is 3.12. The number of nitrogens with zero attached hydrogens (tertiary/aromatic N) is 2. The molecule has 2 rings (SSSR count). The van der Waals surface area contributed by atoms with Crippen LogP contribution >= 0.6 is 11.8 Å². The molecule has 19 heavy (non-hydrogen) atoms. The maximum Gasteiger partial charge on any atom is 0.148 e. The zero-order valence-electron chi connectivity index (χ0n) is 12.1. The molecule has 1 saturated carbocycles. The Balaban J connectivity index is 2.20. The molecule has 1 fully saturated rings. The van der Waals surface area contributed by atoms with Gasteiger partial charge in [-0.25, -0.2) is 15.8 Å². The molecule has 0 radical (unpaired) electrons. The molecule has 0 aliphatic heterocycles. The van der Waals surface area contributed by atoms with Crippen molar-refractivity contribution in [3.8, 4) is 0 Å². The van der Waals surface area contributed by atoms with E-state index >= 15 is 0 Å². The first-order chi connectivity index (χ1) is 9.01. The smallest absolute Gasteiger partial charge is 0.148 e. The molecule has 1 aromatic heterocycles. The summed E-state index contributed by atoms with van der Waals surface area (Å²) in [4.78, 5) is 9.06. The van der Waals surface area contributed by atoms with Crippen molar-refractivity contribution in [1.29, 1.82) is 0 Å². The first kappa shape index (κ1) is 14.4. The summed E-state index contributed by atoms with van der Waals surface area (Å²) in [5.74, 6) is 8.23. The molecule has 5 nitrogen and oxygen atoms in total. The van der Waals surface area contributed by atoms with Gasteiger partial charge in [0.05, 0.1) is 0 Å². The van der Waals surface area contributed by atoms with E-state index in [4.69, 9.17) is 5.84 Å². The fraction of sp³-hybridized carbons (Fsp3) is 0.692. The number of hydrazine groups is 1. The fourth-order valence-corrected chi connectivity index (χ4v) is 2.67. The van der Waals surface area contributed by atoms with Gasteiger partial charge >= 0.3 is 0 Å². The normalized spacial score (nSPS) is 16.5. The minimum atomic E-state index is 0.281. The predicted octanol–water partition coefficient (Wildman–Crippen LogP) is 2.50. The van der Waals surface area contributed by atoms with Crippen LogP contribution in [0.5, 0.6) is 0 Å². The summed E-state index contributed by atoms with van der Waals surface area (Å²) in [6, 6.07) is 0. The predicted molar refractivity (Wildman–Crippen MR) is 82.6 cm³/mol. The van der Waals surface area contributed by atoms with E-state index < -0.39 is 0 Å². The van der Waals surface area contributed by atoms with Crippen molar-refractivity contribution in [2.75, 3.05) is 23.5 Å². The Morgan fingerprint density at radius 1 is 1.32 bits per heavy atom. The van der Waals surface area contributed by atoms with Gasteiger partial charge in [-0.3, -0.25) is 0 Å². The first-order valence-electron chi connectivity index (χ1n) is 6.65. The molecule has 0 bridgehead atoms. The molecule has 0 atom stereocenters. The molecule has 0 saturated heterocycles. The van der Waals surface area contributed by atoms with Crippen molar-refractivity contribution < 1.29 is 0 Å². The Hall–Kier alpha value is -1.01. The lowest BCUT2D eigenvalue weighted by atomic mass is 10.2. The summed E-state index contributed by atoms with van der Waals surface area (Å²) in [6.45, 7) is 7.10. The Labute approximate surface area is 119 Å². The number of anilines is 2. The molecule has 1 aliphatic rings. The summed E-state index contributed by atoms with van der Waals surface area (Å²) < 4.78 is 0.408. The van der Waals surface area contributed by atoms with Crippen LogP contribution < -0.4 is 16.6 Å². The zero-order valence-corrected chi connectivity index (χ0v) is 12.9. The maximum absolute atomic E-state index is 5.54. The van der Waals surface area contributed by atoms with Crippen LogP contribution in [-0.4, -0.2) is 27.5 Å². The van der Waals surface area contributed by atoms with E-state index in [0.717, 1.165) is 23.8 Å². The molecule has 106 valence electrons. The third-order valence-electron chi connectivity index (χ3n) is 3.63. The monoisotopic (exact) mass is 281 g/mol. The lowest BCUT2D eigenvalue weighted by Gasteiger charge is -2.18. The largest absolute Gasteiger partial charge is 0.368 e. The number of aromatic nitrogens is 2. The van der Waals surface area contributed by atoms with Crippen molar-refractivity contribution in [2.45, 2.75) is 44.3 Å². The Morgan fingerprint density at radius 2 is 1.95 bits per heavy atom. The summed E-state index contributed by atoms with van der Waals surface area (Å²) in [6.07, 6.45) is 4.74. The third-order valence-corrected chi connectivity index (χ3v) is 5.05. The number of nitrogens with one attached hydrogen (secondary N) is 2. The van der Waals surface area contributed by atoms with Crippen molar-refractivity contribution in [1.82, 2.24) is 9.97 Å². The Morgan fingerprint density at radius 3 is 2.42 bits per heavy atom. The van der Waals surface area contributed by atoms with Crippen LogP contribution in [0.4, 0.5) is 11.6 Å². The van der Waals surface area contributed by atoms with Gasteiger partial charge in [0.2, 0.25) is 0 Å². The second kappa shape index (κ2) is 5.54. The second-order valence-electron chi connectivity index (χ2n) is 5.44. The highest BCUT2D eigenvalue weighted by molar-refractivity contribution is 8.00. The minimum absolute atomic E-state index is 0.281. The molecule has 6 heteroatoms. The van der Waals surface area contributed by atoms with Gasteiger partial charge in [-0.05, 0) is 26.0 Å². The average molecular weight is 281 g/mol. The van der Waals surface area contributed by atoms with Crippen molar-refractivity contribution in [3.63, 3.8) is 0 Å². The quantitative estimate of drug-likeness (QED) is 0.549. The number of thioether (sulfide) groups is 1. The highest BCUT2D eigenvalue weighted by atomic mass is 32.2. The van der Waals surface area contributed by atoms with Crippen LogP contribution in [0.25, 0.3) is 0 Å². The molecular weight excluding hydrogens is 258 g/mol. The molecule has 1 heterocycles. The molecule has 0 unspecified atom stereocenters. The van der Waals surface area contributed by atoms with Crippen LogP contribution in [0.2, 0.25) is 0 Å². The van der Waals surface area contributed by atoms with Gasteiger partial charge in [0.15, 0.2) is 0 Å². The van der Waals surface area contributed by atoms with Crippen LogP contribution in [-0.2, 0) is 0 Å². The van der Waals surface area contributed by atoms with Crippen molar-refractivity contribution in [2.24, 2.45) is 5.84 Å². The Kier molecular flexibility index (Phi) is 4.20. The van der Waals surface area contributed by atoms with Crippen molar-refractivity contribution >= 4 is 23.4 Å². The second-order valence-corrected chi connectivity index (χ2v) is 6.72. The number of nitrogens with two attached hydrogens (primary N) is 1. The standard InChI is InChI=1S/C13H23N5S/c1-8(2)10-16-11(9(3)12(17-10)18-14)15-7-13(19-4)5-6-13/h8H,5-7,14H2,1-4H3,(H2,15,16,17,18). The van der Waals surface area contributed by atoms with Gasteiger partial charge in [0.1, 0.15) is 17.5 Å². The molecule has 4 N–H and O–H groups in total. The van der Waals surface area contributed by atoms with Gasteiger partial charge in [0.25, 0.3) is 0 Å². The van der Waals surface area contributed by atoms with Crippen LogP contribution in [0, 0.1) is 6.92 Å². The van der Waals surface area contributed by atoms with E-state index in [2.05, 4.69) is 40.8 Å². The first-order valence-corrected chi connectivity index (χ1v) is 7.88. The van der Waals surface area contributed by atoms with E-state index in [-0.39, 0.29) is 5.92 Å². The van der Waals surface area contributed by atoms with Crippen LogP contribution in [0.1, 0.15) is 44.0 Å². The highest BCUT2D eigenvalue weighted by Gasteiger charge is 2.41. The van der Waals surface area contributed by atoms with Gasteiger partial charge in [-0.1, -0.05) is 13.8 Å². The Bertz CT molecular complexity index is 457. The van der Waals surface area contributed by atoms with Crippen LogP contribution in [0.15, 0.2) is 0 Å². The fourth-order valence-electron chi connectivity index (χ4n) is 1.94. The zero-order chi connectivity index (χ0) is 14.0. The molecule has 0 amide bonds. The lowest BCUT2D eigenvalue weighted by molar-refractivity contribution is 0.771. The number of nitrogen functional groups attached to an aromatic ring is 1. The SMILES string of the molecule is CSC1(CNc2nc(C(C)C)nc(NN)c2C)CC1. The van der Waals surface area contributed by atoms with Crippen LogP contribution in [0.3, 0.4) is 0 Å². The summed E-state index contributed by atoms with van der Waals surface area (Å²) in [7, 11) is 0. The summed E-state index contributed by atoms with van der Waals surface area (Å²) >= 11 is 1.94.